The zero-order valence-corrected chi connectivity index (χ0v) is 13.1. The van der Waals surface area contributed by atoms with E-state index in [9.17, 15) is 9.59 Å². The summed E-state index contributed by atoms with van der Waals surface area (Å²) in [5, 5.41) is 5.05. The van der Waals surface area contributed by atoms with Crippen LogP contribution in [0.25, 0.3) is 0 Å². The Hall–Kier alpha value is -1.36. The minimum Gasteiger partial charge on any atom is -0.353 e. The second kappa shape index (κ2) is 6.39. The third kappa shape index (κ3) is 3.03. The predicted octanol–water partition coefficient (Wildman–Crippen LogP) is 2.57. The molecule has 2 heterocycles. The van der Waals surface area contributed by atoms with Gasteiger partial charge < -0.3 is 10.2 Å². The van der Waals surface area contributed by atoms with Gasteiger partial charge in [0.2, 0.25) is 11.8 Å². The van der Waals surface area contributed by atoms with Crippen LogP contribution in [-0.4, -0.2) is 29.8 Å². The van der Waals surface area contributed by atoms with Gasteiger partial charge in [-0.3, -0.25) is 9.59 Å². The van der Waals surface area contributed by atoms with Gasteiger partial charge in [0.25, 0.3) is 0 Å². The van der Waals surface area contributed by atoms with Crippen LogP contribution in [0.2, 0.25) is 0 Å². The number of nitrogens with zero attached hydrogens (tertiary/aromatic N) is 1. The molecule has 0 saturated carbocycles. The van der Waals surface area contributed by atoms with Gasteiger partial charge in [-0.2, -0.15) is 0 Å². The normalized spacial score (nSPS) is 24.6. The minimum atomic E-state index is -0.148. The highest BCUT2D eigenvalue weighted by atomic mass is 32.1. The minimum absolute atomic E-state index is 0.0668. The van der Waals surface area contributed by atoms with Crippen molar-refractivity contribution in [3.63, 3.8) is 0 Å². The topological polar surface area (TPSA) is 49.4 Å². The highest BCUT2D eigenvalue weighted by Gasteiger charge is 2.39. The van der Waals surface area contributed by atoms with E-state index in [1.165, 1.54) is 0 Å². The lowest BCUT2D eigenvalue weighted by atomic mass is 9.87. The SMILES string of the molecule is CCC(C)NC(=O)C1CCC(=O)N(C)C1c1cccs1. The second-order valence-corrected chi connectivity index (χ2v) is 6.41. The molecule has 4 nitrogen and oxygen atoms in total. The maximum absolute atomic E-state index is 12.5. The molecule has 0 bridgehead atoms. The number of thiophene rings is 1. The third-order valence-electron chi connectivity index (χ3n) is 4.03. The molecule has 110 valence electrons. The molecule has 0 spiro atoms. The fourth-order valence-electron chi connectivity index (χ4n) is 2.61. The molecule has 0 radical (unpaired) electrons. The maximum Gasteiger partial charge on any atom is 0.225 e. The molecule has 20 heavy (non-hydrogen) atoms. The lowest BCUT2D eigenvalue weighted by Gasteiger charge is -2.38. The van der Waals surface area contributed by atoms with Crippen LogP contribution >= 0.6 is 11.3 Å². The van der Waals surface area contributed by atoms with E-state index in [-0.39, 0.29) is 29.8 Å². The summed E-state index contributed by atoms with van der Waals surface area (Å²) in [5.74, 6) is 0.0402. The number of likely N-dealkylation sites (tertiary alicyclic amines) is 1. The second-order valence-electron chi connectivity index (χ2n) is 5.43. The van der Waals surface area contributed by atoms with Gasteiger partial charge in [0.05, 0.1) is 12.0 Å². The first kappa shape index (κ1) is 15.0. The number of rotatable bonds is 4. The number of hydrogen-bond donors (Lipinski definition) is 1. The highest BCUT2D eigenvalue weighted by molar-refractivity contribution is 7.10. The van der Waals surface area contributed by atoms with E-state index in [1.807, 2.05) is 24.4 Å². The summed E-state index contributed by atoms with van der Waals surface area (Å²) in [4.78, 5) is 27.2. The Bertz CT molecular complexity index is 472. The van der Waals surface area contributed by atoms with Crippen molar-refractivity contribution in [1.82, 2.24) is 10.2 Å². The Kier molecular flexibility index (Phi) is 4.81. The molecule has 1 N–H and O–H groups in total. The number of piperidine rings is 1. The van der Waals surface area contributed by atoms with Crippen molar-refractivity contribution in [3.8, 4) is 0 Å². The molecule has 0 aromatic carbocycles. The lowest BCUT2D eigenvalue weighted by Crippen LogP contribution is -2.47. The first-order valence-electron chi connectivity index (χ1n) is 7.14. The fraction of sp³-hybridized carbons (Fsp3) is 0.600. The van der Waals surface area contributed by atoms with E-state index < -0.39 is 0 Å². The van der Waals surface area contributed by atoms with Gasteiger partial charge >= 0.3 is 0 Å². The molecule has 1 aliphatic rings. The van der Waals surface area contributed by atoms with Crippen molar-refractivity contribution in [2.75, 3.05) is 7.05 Å². The van der Waals surface area contributed by atoms with Crippen molar-refractivity contribution in [1.29, 1.82) is 0 Å². The van der Waals surface area contributed by atoms with E-state index >= 15 is 0 Å². The van der Waals surface area contributed by atoms with Gasteiger partial charge in [0.1, 0.15) is 0 Å². The summed E-state index contributed by atoms with van der Waals surface area (Å²) in [6.07, 6.45) is 2.00. The summed E-state index contributed by atoms with van der Waals surface area (Å²) >= 11 is 1.61. The Morgan fingerprint density at radius 2 is 2.35 bits per heavy atom. The lowest BCUT2D eigenvalue weighted by molar-refractivity contribution is -0.141. The Balaban J connectivity index is 2.21. The van der Waals surface area contributed by atoms with Crippen LogP contribution in [0.3, 0.4) is 0 Å². The van der Waals surface area contributed by atoms with E-state index in [0.717, 1.165) is 11.3 Å². The number of hydrogen-bond acceptors (Lipinski definition) is 3. The van der Waals surface area contributed by atoms with E-state index in [2.05, 4.69) is 12.2 Å². The average molecular weight is 294 g/mol. The molecule has 1 aromatic rings. The summed E-state index contributed by atoms with van der Waals surface area (Å²) < 4.78 is 0. The molecular formula is C15H22N2O2S. The first-order valence-corrected chi connectivity index (χ1v) is 8.02. The van der Waals surface area contributed by atoms with Crippen LogP contribution in [0.15, 0.2) is 17.5 Å². The molecule has 1 saturated heterocycles. The molecule has 1 fully saturated rings. The monoisotopic (exact) mass is 294 g/mol. The fourth-order valence-corrected chi connectivity index (χ4v) is 3.55. The zero-order valence-electron chi connectivity index (χ0n) is 12.3. The van der Waals surface area contributed by atoms with Crippen LogP contribution in [0.1, 0.15) is 44.0 Å². The summed E-state index contributed by atoms with van der Waals surface area (Å²) in [5.41, 5.74) is 0. The number of nitrogens with one attached hydrogen (secondary N) is 1. The Labute approximate surface area is 124 Å². The van der Waals surface area contributed by atoms with Crippen LogP contribution in [-0.2, 0) is 9.59 Å². The van der Waals surface area contributed by atoms with E-state index in [4.69, 9.17) is 0 Å². The molecule has 0 aliphatic carbocycles. The summed E-state index contributed by atoms with van der Waals surface area (Å²) in [6.45, 7) is 4.06. The van der Waals surface area contributed by atoms with E-state index in [0.29, 0.717) is 12.8 Å². The van der Waals surface area contributed by atoms with Crippen LogP contribution < -0.4 is 5.32 Å². The maximum atomic E-state index is 12.5. The summed E-state index contributed by atoms with van der Waals surface area (Å²) in [6, 6.07) is 4.03. The molecule has 1 aliphatic heterocycles. The number of carbonyl (C=O) groups excluding carboxylic acids is 2. The van der Waals surface area contributed by atoms with Crippen molar-refractivity contribution >= 4 is 23.2 Å². The van der Waals surface area contributed by atoms with Gasteiger partial charge in [-0.25, -0.2) is 0 Å². The average Bonchev–Trinajstić information content (AvgIpc) is 2.95. The van der Waals surface area contributed by atoms with Crippen LogP contribution in [0.5, 0.6) is 0 Å². The van der Waals surface area contributed by atoms with Gasteiger partial charge in [-0.1, -0.05) is 13.0 Å². The Morgan fingerprint density at radius 1 is 1.60 bits per heavy atom. The highest BCUT2D eigenvalue weighted by Crippen LogP contribution is 2.37. The quantitative estimate of drug-likeness (QED) is 0.928. The smallest absolute Gasteiger partial charge is 0.225 e. The molecular weight excluding hydrogens is 272 g/mol. The van der Waals surface area contributed by atoms with Gasteiger partial charge in [-0.05, 0) is 31.2 Å². The zero-order chi connectivity index (χ0) is 14.7. The van der Waals surface area contributed by atoms with Crippen molar-refractivity contribution < 1.29 is 9.59 Å². The molecule has 3 atom stereocenters. The van der Waals surface area contributed by atoms with Crippen molar-refractivity contribution in [2.24, 2.45) is 5.92 Å². The number of carbonyl (C=O) groups is 2. The largest absolute Gasteiger partial charge is 0.353 e. The third-order valence-corrected chi connectivity index (χ3v) is 4.98. The molecule has 2 amide bonds. The van der Waals surface area contributed by atoms with Gasteiger partial charge in [0.15, 0.2) is 0 Å². The molecule has 3 unspecified atom stereocenters. The van der Waals surface area contributed by atoms with Crippen molar-refractivity contribution in [2.45, 2.75) is 45.2 Å². The van der Waals surface area contributed by atoms with Gasteiger partial charge in [0, 0.05) is 24.4 Å². The number of amides is 2. The standard InChI is InChI=1S/C15H22N2O2S/c1-4-10(2)16-15(19)11-7-8-13(18)17(3)14(11)12-6-5-9-20-12/h5-6,9-11,14H,4,7-8H2,1-3H3,(H,16,19). The molecule has 1 aromatic heterocycles. The Morgan fingerprint density at radius 3 is 2.95 bits per heavy atom. The van der Waals surface area contributed by atoms with E-state index in [1.54, 1.807) is 23.3 Å². The summed E-state index contributed by atoms with van der Waals surface area (Å²) in [7, 11) is 1.80. The van der Waals surface area contributed by atoms with Crippen LogP contribution in [0, 0.1) is 5.92 Å². The predicted molar refractivity (Wildman–Crippen MR) is 80.4 cm³/mol. The van der Waals surface area contributed by atoms with Gasteiger partial charge in [-0.15, -0.1) is 11.3 Å². The molecule has 2 rings (SSSR count). The first-order chi connectivity index (χ1) is 9.54. The molecule has 5 heteroatoms. The van der Waals surface area contributed by atoms with Crippen LogP contribution in [0.4, 0.5) is 0 Å². The van der Waals surface area contributed by atoms with Crippen molar-refractivity contribution in [3.05, 3.63) is 22.4 Å².